The average Bonchev–Trinajstić information content (AvgIpc) is 2.53. The number of benzene rings is 1. The van der Waals surface area contributed by atoms with Crippen molar-refractivity contribution < 1.29 is 9.50 Å². The molecular formula is C17H24FNOS. The van der Waals surface area contributed by atoms with Crippen LogP contribution >= 0.6 is 11.8 Å². The summed E-state index contributed by atoms with van der Waals surface area (Å²) in [6, 6.07) is 5.67. The summed E-state index contributed by atoms with van der Waals surface area (Å²) in [6.07, 6.45) is 5.92. The molecular weight excluding hydrogens is 285 g/mol. The minimum absolute atomic E-state index is 0.0881. The van der Waals surface area contributed by atoms with Gasteiger partial charge in [-0.15, -0.1) is 11.8 Å². The van der Waals surface area contributed by atoms with E-state index < -0.39 is 0 Å². The molecule has 1 aliphatic carbocycles. The monoisotopic (exact) mass is 309 g/mol. The Hall–Kier alpha value is -0.580. The zero-order valence-corrected chi connectivity index (χ0v) is 13.2. The fourth-order valence-electron chi connectivity index (χ4n) is 3.69. The molecule has 21 heavy (non-hydrogen) atoms. The largest absolute Gasteiger partial charge is 0.396 e. The van der Waals surface area contributed by atoms with Crippen molar-refractivity contribution in [2.75, 3.05) is 18.9 Å². The Kier molecular flexibility index (Phi) is 5.19. The molecule has 1 saturated carbocycles. The molecule has 2 nitrogen and oxygen atoms in total. The van der Waals surface area contributed by atoms with Gasteiger partial charge >= 0.3 is 0 Å². The van der Waals surface area contributed by atoms with Gasteiger partial charge in [-0.3, -0.25) is 0 Å². The summed E-state index contributed by atoms with van der Waals surface area (Å²) in [6.45, 7) is 1.24. The number of nitrogens with one attached hydrogen (secondary N) is 1. The van der Waals surface area contributed by atoms with E-state index in [1.54, 1.807) is 17.8 Å². The number of fused-ring (bicyclic) bond motifs is 1. The lowest BCUT2D eigenvalue weighted by Crippen LogP contribution is -2.35. The van der Waals surface area contributed by atoms with Crippen molar-refractivity contribution in [3.63, 3.8) is 0 Å². The van der Waals surface area contributed by atoms with Gasteiger partial charge in [0.1, 0.15) is 5.82 Å². The van der Waals surface area contributed by atoms with E-state index in [2.05, 4.69) is 5.32 Å². The van der Waals surface area contributed by atoms with Crippen LogP contribution in [0.1, 0.15) is 43.7 Å². The van der Waals surface area contributed by atoms with E-state index in [1.807, 2.05) is 12.1 Å². The summed E-state index contributed by atoms with van der Waals surface area (Å²) in [5.74, 6) is 1.89. The fraction of sp³-hybridized carbons (Fsp3) is 0.647. The second-order valence-electron chi connectivity index (χ2n) is 6.24. The maximum absolute atomic E-state index is 13.9. The van der Waals surface area contributed by atoms with E-state index >= 15 is 0 Å². The van der Waals surface area contributed by atoms with Gasteiger partial charge < -0.3 is 10.4 Å². The summed E-state index contributed by atoms with van der Waals surface area (Å²) in [5, 5.41) is 13.2. The Labute approximate surface area is 130 Å². The normalized spacial score (nSPS) is 29.1. The molecule has 0 amide bonds. The first-order valence-corrected chi connectivity index (χ1v) is 9.03. The molecule has 1 fully saturated rings. The number of rotatable bonds is 4. The van der Waals surface area contributed by atoms with E-state index in [4.69, 9.17) is 0 Å². The van der Waals surface area contributed by atoms with E-state index in [0.29, 0.717) is 18.4 Å². The number of thioether (sulfide) groups is 1. The molecule has 0 bridgehead atoms. The van der Waals surface area contributed by atoms with Crippen LogP contribution in [-0.2, 0) is 0 Å². The van der Waals surface area contributed by atoms with Gasteiger partial charge in [-0.2, -0.15) is 0 Å². The van der Waals surface area contributed by atoms with E-state index in [1.165, 1.54) is 19.3 Å². The third-order valence-corrected chi connectivity index (χ3v) is 6.11. The lowest BCUT2D eigenvalue weighted by atomic mass is 9.79. The molecule has 1 heterocycles. The predicted molar refractivity (Wildman–Crippen MR) is 85.0 cm³/mol. The number of hydrogen-bond acceptors (Lipinski definition) is 3. The minimum Gasteiger partial charge on any atom is -0.396 e. The van der Waals surface area contributed by atoms with Crippen LogP contribution in [0.5, 0.6) is 0 Å². The minimum atomic E-state index is -0.0881. The van der Waals surface area contributed by atoms with Gasteiger partial charge in [-0.25, -0.2) is 4.39 Å². The molecule has 3 atom stereocenters. The second kappa shape index (κ2) is 7.12. The molecule has 1 aromatic rings. The molecule has 3 unspecified atom stereocenters. The molecule has 0 spiro atoms. The molecule has 1 aliphatic heterocycles. The summed E-state index contributed by atoms with van der Waals surface area (Å²) in [5.41, 5.74) is 1.11. The van der Waals surface area contributed by atoms with Crippen molar-refractivity contribution in [3.05, 3.63) is 29.6 Å². The van der Waals surface area contributed by atoms with Crippen molar-refractivity contribution in [1.82, 2.24) is 5.32 Å². The third-order valence-electron chi connectivity index (χ3n) is 4.95. The van der Waals surface area contributed by atoms with Crippen LogP contribution in [0.15, 0.2) is 23.1 Å². The molecule has 116 valence electrons. The summed E-state index contributed by atoms with van der Waals surface area (Å²) in [7, 11) is 0. The van der Waals surface area contributed by atoms with Gasteiger partial charge in [0, 0.05) is 17.5 Å². The first-order valence-electron chi connectivity index (χ1n) is 8.05. The number of aliphatic hydroxyl groups is 1. The van der Waals surface area contributed by atoms with Crippen LogP contribution in [0, 0.1) is 17.7 Å². The SMILES string of the molecule is OCC1CCCCC1CNC1CCSc2c(F)cccc21. The van der Waals surface area contributed by atoms with Crippen LogP contribution < -0.4 is 5.32 Å². The molecule has 3 rings (SSSR count). The molecule has 2 N–H and O–H groups in total. The lowest BCUT2D eigenvalue weighted by Gasteiger charge is -2.33. The zero-order valence-electron chi connectivity index (χ0n) is 12.4. The highest BCUT2D eigenvalue weighted by molar-refractivity contribution is 7.99. The van der Waals surface area contributed by atoms with Gasteiger partial charge in [-0.1, -0.05) is 25.0 Å². The van der Waals surface area contributed by atoms with Gasteiger partial charge in [-0.05, 0) is 55.0 Å². The standard InChI is InChI=1S/C17H24FNOS/c18-15-7-3-6-14-16(8-9-21-17(14)15)19-10-12-4-1-2-5-13(12)11-20/h3,6-7,12-13,16,19-20H,1-2,4-5,8-11H2. The van der Waals surface area contributed by atoms with Crippen LogP contribution in [-0.4, -0.2) is 24.0 Å². The van der Waals surface area contributed by atoms with Crippen molar-refractivity contribution in [1.29, 1.82) is 0 Å². The Bertz CT molecular complexity index is 482. The van der Waals surface area contributed by atoms with Crippen LogP contribution in [0.3, 0.4) is 0 Å². The Morgan fingerprint density at radius 1 is 1.19 bits per heavy atom. The molecule has 2 aliphatic rings. The summed E-state index contributed by atoms with van der Waals surface area (Å²) >= 11 is 1.63. The second-order valence-corrected chi connectivity index (χ2v) is 7.35. The number of hydrogen-bond donors (Lipinski definition) is 2. The van der Waals surface area contributed by atoms with E-state index in [0.717, 1.165) is 35.6 Å². The number of aliphatic hydroxyl groups excluding tert-OH is 1. The highest BCUT2D eigenvalue weighted by atomic mass is 32.2. The highest BCUT2D eigenvalue weighted by Gasteiger charge is 2.27. The van der Waals surface area contributed by atoms with Crippen LogP contribution in [0.25, 0.3) is 0 Å². The fourth-order valence-corrected chi connectivity index (χ4v) is 4.83. The maximum atomic E-state index is 13.9. The average molecular weight is 309 g/mol. The Balaban J connectivity index is 1.65. The quantitative estimate of drug-likeness (QED) is 0.888. The summed E-state index contributed by atoms with van der Waals surface area (Å²) < 4.78 is 13.9. The number of halogens is 1. The van der Waals surface area contributed by atoms with Gasteiger partial charge in [0.25, 0.3) is 0 Å². The van der Waals surface area contributed by atoms with Crippen molar-refractivity contribution in [3.8, 4) is 0 Å². The zero-order chi connectivity index (χ0) is 14.7. The first kappa shape index (κ1) is 15.3. The van der Waals surface area contributed by atoms with E-state index in [9.17, 15) is 9.50 Å². The molecule has 0 aromatic heterocycles. The van der Waals surface area contributed by atoms with Crippen LogP contribution in [0.2, 0.25) is 0 Å². The Morgan fingerprint density at radius 3 is 2.81 bits per heavy atom. The highest BCUT2D eigenvalue weighted by Crippen LogP contribution is 2.38. The van der Waals surface area contributed by atoms with Crippen LogP contribution in [0.4, 0.5) is 4.39 Å². The lowest BCUT2D eigenvalue weighted by molar-refractivity contribution is 0.130. The Morgan fingerprint density at radius 2 is 2.00 bits per heavy atom. The smallest absolute Gasteiger partial charge is 0.137 e. The maximum Gasteiger partial charge on any atom is 0.137 e. The van der Waals surface area contributed by atoms with Gasteiger partial charge in [0.05, 0.1) is 0 Å². The van der Waals surface area contributed by atoms with Gasteiger partial charge in [0.2, 0.25) is 0 Å². The van der Waals surface area contributed by atoms with E-state index in [-0.39, 0.29) is 11.9 Å². The van der Waals surface area contributed by atoms with Crippen molar-refractivity contribution >= 4 is 11.8 Å². The van der Waals surface area contributed by atoms with Crippen molar-refractivity contribution in [2.24, 2.45) is 11.8 Å². The van der Waals surface area contributed by atoms with Crippen molar-refractivity contribution in [2.45, 2.75) is 43.0 Å². The molecule has 1 aromatic carbocycles. The molecule has 4 heteroatoms. The molecule has 0 saturated heterocycles. The first-order chi connectivity index (χ1) is 10.3. The third kappa shape index (κ3) is 3.43. The van der Waals surface area contributed by atoms with Gasteiger partial charge in [0.15, 0.2) is 0 Å². The predicted octanol–water partition coefficient (Wildman–Crippen LogP) is 3.75. The molecule has 0 radical (unpaired) electrons. The topological polar surface area (TPSA) is 32.3 Å². The summed E-state index contributed by atoms with van der Waals surface area (Å²) in [4.78, 5) is 0.823.